The number of hydrogen-bond donors (Lipinski definition) is 1. The molecular formula is C14H18N4. The van der Waals surface area contributed by atoms with Gasteiger partial charge in [-0.25, -0.2) is 4.98 Å². The Bertz CT molecular complexity index is 548. The van der Waals surface area contributed by atoms with Crippen molar-refractivity contribution in [1.29, 1.82) is 0 Å². The largest absolute Gasteiger partial charge is 0.356 e. The lowest BCUT2D eigenvalue weighted by Gasteiger charge is -2.24. The van der Waals surface area contributed by atoms with E-state index in [0.717, 1.165) is 18.1 Å². The first-order valence-corrected chi connectivity index (χ1v) is 6.82. The van der Waals surface area contributed by atoms with Gasteiger partial charge in [0.05, 0.1) is 0 Å². The van der Waals surface area contributed by atoms with Gasteiger partial charge in [0.2, 0.25) is 0 Å². The molecule has 0 saturated carbocycles. The van der Waals surface area contributed by atoms with Crippen LogP contribution in [0.1, 0.15) is 12.8 Å². The minimum absolute atomic E-state index is 0.678. The predicted molar refractivity (Wildman–Crippen MR) is 71.9 cm³/mol. The highest BCUT2D eigenvalue weighted by Gasteiger charge is 2.34. The summed E-state index contributed by atoms with van der Waals surface area (Å²) in [6.07, 6.45) is 6.62. The van der Waals surface area contributed by atoms with Gasteiger partial charge >= 0.3 is 0 Å². The van der Waals surface area contributed by atoms with Crippen molar-refractivity contribution in [3.05, 3.63) is 30.6 Å². The second-order valence-corrected chi connectivity index (χ2v) is 5.41. The Morgan fingerprint density at radius 1 is 1.28 bits per heavy atom. The summed E-state index contributed by atoms with van der Waals surface area (Å²) in [6.45, 7) is 3.49. The van der Waals surface area contributed by atoms with Crippen molar-refractivity contribution in [2.24, 2.45) is 5.92 Å². The minimum Gasteiger partial charge on any atom is -0.356 e. The second kappa shape index (κ2) is 3.99. The Morgan fingerprint density at radius 3 is 3.22 bits per heavy atom. The van der Waals surface area contributed by atoms with Crippen molar-refractivity contribution in [2.75, 3.05) is 24.5 Å². The van der Waals surface area contributed by atoms with Gasteiger partial charge in [0.25, 0.3) is 0 Å². The van der Waals surface area contributed by atoms with Crippen LogP contribution in [0, 0.1) is 5.92 Å². The maximum absolute atomic E-state index is 4.36. The van der Waals surface area contributed by atoms with Gasteiger partial charge in [-0.3, -0.25) is 4.40 Å². The van der Waals surface area contributed by atoms with Crippen LogP contribution in [-0.2, 0) is 0 Å². The zero-order valence-electron chi connectivity index (χ0n) is 10.4. The zero-order chi connectivity index (χ0) is 11.9. The average Bonchev–Trinajstić information content (AvgIpc) is 3.04. The maximum Gasteiger partial charge on any atom is 0.138 e. The standard InChI is InChI=1S/C14H18N4/c1-4-13-16-7-8-18(13)14(5-1)17-9-11-3-2-6-15-12(11)10-17/h1,4-5,7-8,11-12,15H,2-3,6,9-10H2/t11-,12+/m0/s1. The number of nitrogens with zero attached hydrogens (tertiary/aromatic N) is 3. The molecule has 0 unspecified atom stereocenters. The van der Waals surface area contributed by atoms with Gasteiger partial charge in [0, 0.05) is 31.5 Å². The topological polar surface area (TPSA) is 32.6 Å². The van der Waals surface area contributed by atoms with E-state index in [0.29, 0.717) is 6.04 Å². The highest BCUT2D eigenvalue weighted by Crippen LogP contribution is 2.29. The summed E-state index contributed by atoms with van der Waals surface area (Å²) in [5.41, 5.74) is 1.04. The molecule has 0 bridgehead atoms. The summed E-state index contributed by atoms with van der Waals surface area (Å²) in [4.78, 5) is 6.86. The molecule has 4 heteroatoms. The van der Waals surface area contributed by atoms with E-state index in [-0.39, 0.29) is 0 Å². The fourth-order valence-electron chi connectivity index (χ4n) is 3.42. The van der Waals surface area contributed by atoms with Crippen LogP contribution in [-0.4, -0.2) is 35.1 Å². The molecule has 1 N–H and O–H groups in total. The molecule has 2 fully saturated rings. The molecular weight excluding hydrogens is 224 g/mol. The van der Waals surface area contributed by atoms with Gasteiger partial charge < -0.3 is 10.2 Å². The summed E-state index contributed by atoms with van der Waals surface area (Å²) >= 11 is 0. The summed E-state index contributed by atoms with van der Waals surface area (Å²) in [7, 11) is 0. The predicted octanol–water partition coefficient (Wildman–Crippen LogP) is 1.52. The molecule has 0 amide bonds. The Morgan fingerprint density at radius 2 is 2.28 bits per heavy atom. The van der Waals surface area contributed by atoms with Crippen molar-refractivity contribution < 1.29 is 0 Å². The number of piperidine rings is 1. The van der Waals surface area contributed by atoms with E-state index in [9.17, 15) is 0 Å². The first-order valence-electron chi connectivity index (χ1n) is 6.82. The van der Waals surface area contributed by atoms with E-state index in [1.807, 2.05) is 6.20 Å². The Labute approximate surface area is 107 Å². The Kier molecular flexibility index (Phi) is 2.30. The molecule has 2 saturated heterocycles. The van der Waals surface area contributed by atoms with Crippen molar-refractivity contribution in [3.8, 4) is 0 Å². The molecule has 18 heavy (non-hydrogen) atoms. The van der Waals surface area contributed by atoms with E-state index >= 15 is 0 Å². The number of anilines is 1. The van der Waals surface area contributed by atoms with Crippen molar-refractivity contribution in [1.82, 2.24) is 14.7 Å². The quantitative estimate of drug-likeness (QED) is 0.823. The summed E-state index contributed by atoms with van der Waals surface area (Å²) in [5.74, 6) is 2.10. The van der Waals surface area contributed by atoms with E-state index in [1.54, 1.807) is 0 Å². The van der Waals surface area contributed by atoms with Crippen LogP contribution < -0.4 is 10.2 Å². The lowest BCUT2D eigenvalue weighted by atomic mass is 9.94. The lowest BCUT2D eigenvalue weighted by Crippen LogP contribution is -2.40. The summed E-state index contributed by atoms with van der Waals surface area (Å²) < 4.78 is 2.19. The number of pyridine rings is 1. The van der Waals surface area contributed by atoms with E-state index in [4.69, 9.17) is 0 Å². The van der Waals surface area contributed by atoms with Crippen LogP contribution in [0.25, 0.3) is 5.65 Å². The molecule has 0 spiro atoms. The average molecular weight is 242 g/mol. The monoisotopic (exact) mass is 242 g/mol. The van der Waals surface area contributed by atoms with Gasteiger partial charge in [0.1, 0.15) is 11.5 Å². The van der Waals surface area contributed by atoms with Crippen LogP contribution in [0.15, 0.2) is 30.6 Å². The molecule has 4 rings (SSSR count). The van der Waals surface area contributed by atoms with Crippen LogP contribution in [0.3, 0.4) is 0 Å². The number of aromatic nitrogens is 2. The second-order valence-electron chi connectivity index (χ2n) is 5.41. The van der Waals surface area contributed by atoms with Crippen LogP contribution in [0.5, 0.6) is 0 Å². The first kappa shape index (κ1) is 10.4. The van der Waals surface area contributed by atoms with Crippen LogP contribution >= 0.6 is 0 Å². The third-order valence-corrected chi connectivity index (χ3v) is 4.33. The molecule has 0 radical (unpaired) electrons. The number of rotatable bonds is 1. The first-order chi connectivity index (χ1) is 8.92. The van der Waals surface area contributed by atoms with Crippen molar-refractivity contribution in [3.63, 3.8) is 0 Å². The highest BCUT2D eigenvalue weighted by atomic mass is 15.3. The number of hydrogen-bond acceptors (Lipinski definition) is 3. The van der Waals surface area contributed by atoms with E-state index in [2.05, 4.69) is 44.0 Å². The smallest absolute Gasteiger partial charge is 0.138 e. The minimum atomic E-state index is 0.678. The van der Waals surface area contributed by atoms with Gasteiger partial charge in [-0.1, -0.05) is 6.07 Å². The van der Waals surface area contributed by atoms with Gasteiger partial charge in [0.15, 0.2) is 0 Å². The molecule has 2 aromatic heterocycles. The zero-order valence-corrected chi connectivity index (χ0v) is 10.4. The van der Waals surface area contributed by atoms with E-state index in [1.165, 1.54) is 31.7 Å². The molecule has 4 nitrogen and oxygen atoms in total. The van der Waals surface area contributed by atoms with Crippen molar-refractivity contribution >= 4 is 11.5 Å². The molecule has 4 heterocycles. The van der Waals surface area contributed by atoms with Gasteiger partial charge in [-0.2, -0.15) is 0 Å². The molecule has 94 valence electrons. The third-order valence-electron chi connectivity index (χ3n) is 4.33. The molecule has 0 aromatic carbocycles. The molecule has 2 aliphatic heterocycles. The number of fused-ring (bicyclic) bond motifs is 2. The Balaban J connectivity index is 1.69. The maximum atomic E-state index is 4.36. The van der Waals surface area contributed by atoms with Crippen LogP contribution in [0.4, 0.5) is 5.82 Å². The van der Waals surface area contributed by atoms with E-state index < -0.39 is 0 Å². The molecule has 2 atom stereocenters. The van der Waals surface area contributed by atoms with Gasteiger partial charge in [-0.15, -0.1) is 0 Å². The number of imidazole rings is 1. The highest BCUT2D eigenvalue weighted by molar-refractivity contribution is 5.52. The molecule has 2 aromatic rings. The fraction of sp³-hybridized carbons (Fsp3) is 0.500. The summed E-state index contributed by atoms with van der Waals surface area (Å²) in [5, 5.41) is 3.66. The Hall–Kier alpha value is -1.55. The summed E-state index contributed by atoms with van der Waals surface area (Å²) in [6, 6.07) is 7.04. The normalized spacial score (nSPS) is 27.7. The SMILES string of the molecule is c1cc(N2C[C@@H]3CCCN[C@@H]3C2)n2ccnc2c1. The molecule has 2 aliphatic rings. The number of nitrogens with one attached hydrogen (secondary N) is 1. The van der Waals surface area contributed by atoms with Crippen molar-refractivity contribution in [2.45, 2.75) is 18.9 Å². The van der Waals surface area contributed by atoms with Gasteiger partial charge in [-0.05, 0) is 37.4 Å². The van der Waals surface area contributed by atoms with Crippen LogP contribution in [0.2, 0.25) is 0 Å². The fourth-order valence-corrected chi connectivity index (χ4v) is 3.42. The molecule has 0 aliphatic carbocycles. The third kappa shape index (κ3) is 1.52. The lowest BCUT2D eigenvalue weighted by molar-refractivity contribution is 0.340.